The molecule has 1 aromatic rings. The maximum Gasteiger partial charge on any atom is 0.410 e. The smallest absolute Gasteiger partial charge is 0.410 e. The fourth-order valence-corrected chi connectivity index (χ4v) is 1.99. The minimum Gasteiger partial charge on any atom is -0.444 e. The van der Waals surface area contributed by atoms with Crippen LogP contribution in [-0.2, 0) is 18.3 Å². The van der Waals surface area contributed by atoms with Crippen LogP contribution in [0.4, 0.5) is 4.79 Å². The number of nitriles is 1. The number of likely N-dealkylation sites (N-methyl/N-ethyl adjacent to an activating group) is 1. The third kappa shape index (κ3) is 5.78. The van der Waals surface area contributed by atoms with Crippen molar-refractivity contribution in [2.45, 2.75) is 39.8 Å². The number of hydrogen-bond donors (Lipinski definition) is 1. The summed E-state index contributed by atoms with van der Waals surface area (Å²) in [6, 6.07) is 4.00. The van der Waals surface area contributed by atoms with Gasteiger partial charge in [0.05, 0.1) is 0 Å². The van der Waals surface area contributed by atoms with E-state index in [1.165, 1.54) is 0 Å². The van der Waals surface area contributed by atoms with Gasteiger partial charge >= 0.3 is 6.09 Å². The fourth-order valence-electron chi connectivity index (χ4n) is 1.99. The van der Waals surface area contributed by atoms with Crippen molar-refractivity contribution in [3.8, 4) is 6.07 Å². The van der Waals surface area contributed by atoms with Gasteiger partial charge in [0.15, 0.2) is 0 Å². The van der Waals surface area contributed by atoms with Crippen LogP contribution in [0.3, 0.4) is 0 Å². The van der Waals surface area contributed by atoms with Crippen molar-refractivity contribution in [1.82, 2.24) is 14.8 Å². The molecule has 22 heavy (non-hydrogen) atoms. The van der Waals surface area contributed by atoms with Crippen molar-refractivity contribution in [1.29, 1.82) is 5.26 Å². The molecule has 1 rings (SSSR count). The minimum atomic E-state index is -0.477. The van der Waals surface area contributed by atoms with Crippen LogP contribution in [0.5, 0.6) is 0 Å². The summed E-state index contributed by atoms with van der Waals surface area (Å²) >= 11 is 0. The van der Waals surface area contributed by atoms with E-state index < -0.39 is 5.60 Å². The predicted molar refractivity (Wildman–Crippen MR) is 85.3 cm³/mol. The Labute approximate surface area is 132 Å². The number of aromatic nitrogens is 1. The lowest BCUT2D eigenvalue weighted by atomic mass is 10.2. The van der Waals surface area contributed by atoms with Crippen molar-refractivity contribution >= 4 is 6.09 Å². The summed E-state index contributed by atoms with van der Waals surface area (Å²) in [5.74, 6) is 0. The number of nitrogens with zero attached hydrogens (tertiary/aromatic N) is 3. The van der Waals surface area contributed by atoms with Gasteiger partial charge in [0, 0.05) is 39.4 Å². The molecule has 6 nitrogen and oxygen atoms in total. The topological polar surface area (TPSA) is 70.3 Å². The van der Waals surface area contributed by atoms with E-state index in [1.54, 1.807) is 9.47 Å². The monoisotopic (exact) mass is 306 g/mol. The van der Waals surface area contributed by atoms with Crippen LogP contribution in [0.25, 0.3) is 0 Å². The lowest BCUT2D eigenvalue weighted by Crippen LogP contribution is -2.40. The lowest BCUT2D eigenvalue weighted by Gasteiger charge is -2.26. The molecule has 0 unspecified atom stereocenters. The Morgan fingerprint density at radius 2 is 2.18 bits per heavy atom. The molecule has 0 spiro atoms. The van der Waals surface area contributed by atoms with Gasteiger partial charge in [-0.2, -0.15) is 5.26 Å². The summed E-state index contributed by atoms with van der Waals surface area (Å²) in [5, 5.41) is 12.2. The van der Waals surface area contributed by atoms with Crippen molar-refractivity contribution in [2.24, 2.45) is 7.05 Å². The highest BCUT2D eigenvalue weighted by molar-refractivity contribution is 5.68. The lowest BCUT2D eigenvalue weighted by molar-refractivity contribution is 0.0262. The van der Waals surface area contributed by atoms with Gasteiger partial charge in [0.1, 0.15) is 17.4 Å². The number of amides is 1. The highest BCUT2D eigenvalue weighted by Crippen LogP contribution is 2.09. The average Bonchev–Trinajstić information content (AvgIpc) is 2.77. The average molecular weight is 306 g/mol. The largest absolute Gasteiger partial charge is 0.444 e. The van der Waals surface area contributed by atoms with E-state index in [1.807, 2.05) is 47.0 Å². The fraction of sp³-hybridized carbons (Fsp3) is 0.625. The van der Waals surface area contributed by atoms with Crippen LogP contribution in [0, 0.1) is 11.3 Å². The number of rotatable bonds is 6. The van der Waals surface area contributed by atoms with E-state index in [2.05, 4.69) is 11.4 Å². The zero-order valence-corrected chi connectivity index (χ0v) is 14.1. The molecule has 0 aromatic carbocycles. The minimum absolute atomic E-state index is 0.289. The van der Waals surface area contributed by atoms with Crippen molar-refractivity contribution in [3.05, 3.63) is 23.5 Å². The normalized spacial score (nSPS) is 11.1. The van der Waals surface area contributed by atoms with Gasteiger partial charge in [-0.15, -0.1) is 0 Å². The van der Waals surface area contributed by atoms with Crippen LogP contribution in [0.1, 0.15) is 39.0 Å². The van der Waals surface area contributed by atoms with Gasteiger partial charge in [-0.05, 0) is 39.3 Å². The molecule has 0 saturated carbocycles. The maximum atomic E-state index is 12.0. The SMILES string of the molecule is CCN(CCNCc1cc(C#N)n(C)c1)C(=O)OC(C)(C)C. The molecule has 1 amide bonds. The molecule has 0 saturated heterocycles. The second-order valence-corrected chi connectivity index (χ2v) is 6.19. The van der Waals surface area contributed by atoms with E-state index in [0.717, 1.165) is 5.56 Å². The van der Waals surface area contributed by atoms with Crippen molar-refractivity contribution in [2.75, 3.05) is 19.6 Å². The first-order valence-electron chi connectivity index (χ1n) is 7.50. The Kier molecular flexibility index (Phi) is 6.44. The zero-order valence-electron chi connectivity index (χ0n) is 14.1. The molecular formula is C16H26N4O2. The number of carbonyl (C=O) groups is 1. The highest BCUT2D eigenvalue weighted by Gasteiger charge is 2.20. The molecule has 0 aliphatic rings. The Morgan fingerprint density at radius 1 is 1.50 bits per heavy atom. The van der Waals surface area contributed by atoms with Gasteiger partial charge in [0.2, 0.25) is 0 Å². The molecule has 0 atom stereocenters. The van der Waals surface area contributed by atoms with Crippen LogP contribution < -0.4 is 5.32 Å². The number of nitrogens with one attached hydrogen (secondary N) is 1. The zero-order chi connectivity index (χ0) is 16.8. The Bertz CT molecular complexity index is 537. The summed E-state index contributed by atoms with van der Waals surface area (Å²) in [7, 11) is 1.85. The van der Waals surface area contributed by atoms with Crippen LogP contribution in [-0.4, -0.2) is 40.8 Å². The molecule has 0 fully saturated rings. The van der Waals surface area contributed by atoms with Gasteiger partial charge in [0.25, 0.3) is 0 Å². The first-order valence-corrected chi connectivity index (χ1v) is 7.50. The van der Waals surface area contributed by atoms with Crippen LogP contribution >= 0.6 is 0 Å². The number of hydrogen-bond acceptors (Lipinski definition) is 4. The van der Waals surface area contributed by atoms with E-state index in [9.17, 15) is 4.79 Å². The second-order valence-electron chi connectivity index (χ2n) is 6.19. The molecule has 6 heteroatoms. The third-order valence-electron chi connectivity index (χ3n) is 3.10. The summed E-state index contributed by atoms with van der Waals surface area (Å²) in [6.07, 6.45) is 1.64. The Hall–Kier alpha value is -2.00. The highest BCUT2D eigenvalue weighted by atomic mass is 16.6. The van der Waals surface area contributed by atoms with Crippen molar-refractivity contribution < 1.29 is 9.53 Å². The van der Waals surface area contributed by atoms with Crippen LogP contribution in [0.2, 0.25) is 0 Å². The maximum absolute atomic E-state index is 12.0. The van der Waals surface area contributed by atoms with Gasteiger partial charge in [-0.3, -0.25) is 0 Å². The van der Waals surface area contributed by atoms with E-state index in [4.69, 9.17) is 10.00 Å². The molecule has 1 aromatic heterocycles. The summed E-state index contributed by atoms with van der Waals surface area (Å²) in [4.78, 5) is 13.6. The molecule has 0 bridgehead atoms. The molecular weight excluding hydrogens is 280 g/mol. The quantitative estimate of drug-likeness (QED) is 0.818. The van der Waals surface area contributed by atoms with E-state index in [-0.39, 0.29) is 6.09 Å². The van der Waals surface area contributed by atoms with Crippen molar-refractivity contribution in [3.63, 3.8) is 0 Å². The summed E-state index contributed by atoms with van der Waals surface area (Å²) in [6.45, 7) is 10.0. The van der Waals surface area contributed by atoms with Gasteiger partial charge in [-0.25, -0.2) is 4.79 Å². The van der Waals surface area contributed by atoms with E-state index in [0.29, 0.717) is 31.9 Å². The molecule has 0 radical (unpaired) electrons. The van der Waals surface area contributed by atoms with Gasteiger partial charge in [-0.1, -0.05) is 0 Å². The number of ether oxygens (including phenoxy) is 1. The van der Waals surface area contributed by atoms with Gasteiger partial charge < -0.3 is 19.5 Å². The Morgan fingerprint density at radius 3 is 2.68 bits per heavy atom. The number of carbonyl (C=O) groups excluding carboxylic acids is 1. The van der Waals surface area contributed by atoms with Crippen LogP contribution in [0.15, 0.2) is 12.3 Å². The number of aryl methyl sites for hydroxylation is 1. The van der Waals surface area contributed by atoms with E-state index >= 15 is 0 Å². The molecule has 0 aliphatic carbocycles. The molecule has 1 N–H and O–H groups in total. The standard InChI is InChI=1S/C16H26N4O2/c1-6-20(15(21)22-16(2,3)4)8-7-18-11-13-9-14(10-17)19(5)12-13/h9,12,18H,6-8,11H2,1-5H3. The first-order chi connectivity index (χ1) is 10.3. The summed E-state index contributed by atoms with van der Waals surface area (Å²) < 4.78 is 7.16. The third-order valence-corrected chi connectivity index (χ3v) is 3.10. The molecule has 0 aliphatic heterocycles. The Balaban J connectivity index is 2.38. The summed E-state index contributed by atoms with van der Waals surface area (Å²) in [5.41, 5.74) is 1.22. The first kappa shape index (κ1) is 18.1. The predicted octanol–water partition coefficient (Wildman–Crippen LogP) is 2.24. The second kappa shape index (κ2) is 7.85. The molecule has 122 valence electrons. The molecule has 1 heterocycles.